The molecule has 3 atom stereocenters. The topological polar surface area (TPSA) is 15.3 Å². The molecule has 0 aromatic heterocycles. The zero-order valence-electron chi connectivity index (χ0n) is 11.8. The van der Waals surface area contributed by atoms with Gasteiger partial charge in [0.05, 0.1) is 0 Å². The fraction of sp³-hybridized carbons (Fsp3) is 0.600. The van der Waals surface area contributed by atoms with Gasteiger partial charge in [0.15, 0.2) is 0 Å². The minimum atomic E-state index is -0.267. The Morgan fingerprint density at radius 3 is 2.74 bits per heavy atom. The van der Waals surface area contributed by atoms with Gasteiger partial charge >= 0.3 is 0 Å². The lowest BCUT2D eigenvalue weighted by molar-refractivity contribution is 0.274. The standard InChI is InChI=1S/C15H22ClFN2/c1-4-18-15-5-6-19(11(3)10(15)2)14-8-12(16)7-13(17)9-14/h7-11,15,18H,4-6H2,1-3H3. The molecule has 1 fully saturated rings. The van der Waals surface area contributed by atoms with E-state index in [-0.39, 0.29) is 5.82 Å². The average molecular weight is 285 g/mol. The van der Waals surface area contributed by atoms with Gasteiger partial charge in [-0.05, 0) is 44.0 Å². The minimum absolute atomic E-state index is 0.267. The second kappa shape index (κ2) is 6.10. The first-order valence-corrected chi connectivity index (χ1v) is 7.36. The molecule has 1 aromatic carbocycles. The van der Waals surface area contributed by atoms with Crippen molar-refractivity contribution in [1.29, 1.82) is 0 Å². The van der Waals surface area contributed by atoms with E-state index >= 15 is 0 Å². The van der Waals surface area contributed by atoms with Crippen LogP contribution in [-0.2, 0) is 0 Å². The number of anilines is 1. The molecule has 0 saturated carbocycles. The van der Waals surface area contributed by atoms with Crippen LogP contribution >= 0.6 is 11.6 Å². The molecule has 19 heavy (non-hydrogen) atoms. The normalized spacial score (nSPS) is 27.6. The van der Waals surface area contributed by atoms with E-state index in [1.807, 2.05) is 6.07 Å². The molecule has 0 radical (unpaired) electrons. The summed E-state index contributed by atoms with van der Waals surface area (Å²) in [7, 11) is 0. The molecular formula is C15H22ClFN2. The third-order valence-electron chi connectivity index (χ3n) is 4.21. The highest BCUT2D eigenvalue weighted by Crippen LogP contribution is 2.30. The average Bonchev–Trinajstić information content (AvgIpc) is 2.34. The number of hydrogen-bond acceptors (Lipinski definition) is 2. The Morgan fingerprint density at radius 1 is 1.37 bits per heavy atom. The minimum Gasteiger partial charge on any atom is -0.368 e. The summed E-state index contributed by atoms with van der Waals surface area (Å²) >= 11 is 5.95. The molecule has 2 rings (SSSR count). The highest BCUT2D eigenvalue weighted by molar-refractivity contribution is 6.30. The van der Waals surface area contributed by atoms with Gasteiger partial charge in [0, 0.05) is 29.3 Å². The maximum atomic E-state index is 13.5. The van der Waals surface area contributed by atoms with Gasteiger partial charge in [0.2, 0.25) is 0 Å². The van der Waals surface area contributed by atoms with Crippen LogP contribution < -0.4 is 10.2 Å². The summed E-state index contributed by atoms with van der Waals surface area (Å²) in [6.07, 6.45) is 1.08. The van der Waals surface area contributed by atoms with E-state index in [1.165, 1.54) is 6.07 Å². The summed E-state index contributed by atoms with van der Waals surface area (Å²) in [4.78, 5) is 2.26. The second-order valence-electron chi connectivity index (χ2n) is 5.37. The fourth-order valence-corrected chi connectivity index (χ4v) is 3.20. The number of nitrogens with zero attached hydrogens (tertiary/aromatic N) is 1. The van der Waals surface area contributed by atoms with Gasteiger partial charge in [0.1, 0.15) is 5.82 Å². The molecule has 1 aromatic rings. The quantitative estimate of drug-likeness (QED) is 0.911. The highest BCUT2D eigenvalue weighted by atomic mass is 35.5. The van der Waals surface area contributed by atoms with E-state index in [0.29, 0.717) is 23.0 Å². The van der Waals surface area contributed by atoms with Gasteiger partial charge in [-0.1, -0.05) is 25.4 Å². The Morgan fingerprint density at radius 2 is 2.11 bits per heavy atom. The summed E-state index contributed by atoms with van der Waals surface area (Å²) in [5, 5.41) is 3.99. The zero-order chi connectivity index (χ0) is 14.0. The Kier molecular flexibility index (Phi) is 4.69. The van der Waals surface area contributed by atoms with Gasteiger partial charge in [-0.25, -0.2) is 4.39 Å². The summed E-state index contributed by atoms with van der Waals surface area (Å²) in [5.74, 6) is 0.256. The molecule has 0 spiro atoms. The lowest BCUT2D eigenvalue weighted by Crippen LogP contribution is -2.53. The third-order valence-corrected chi connectivity index (χ3v) is 4.43. The molecule has 1 N–H and O–H groups in total. The van der Waals surface area contributed by atoms with Crippen molar-refractivity contribution in [2.75, 3.05) is 18.0 Å². The van der Waals surface area contributed by atoms with Crippen molar-refractivity contribution in [2.45, 2.75) is 39.3 Å². The smallest absolute Gasteiger partial charge is 0.126 e. The lowest BCUT2D eigenvalue weighted by Gasteiger charge is -2.44. The van der Waals surface area contributed by atoms with Crippen molar-refractivity contribution in [3.63, 3.8) is 0 Å². The van der Waals surface area contributed by atoms with Crippen LogP contribution in [0.1, 0.15) is 27.2 Å². The SMILES string of the molecule is CCNC1CCN(c2cc(F)cc(Cl)c2)C(C)C1C. The molecule has 3 unspecified atom stereocenters. The van der Waals surface area contributed by atoms with Crippen LogP contribution in [0.2, 0.25) is 5.02 Å². The van der Waals surface area contributed by atoms with Crippen molar-refractivity contribution in [3.05, 3.63) is 29.0 Å². The van der Waals surface area contributed by atoms with E-state index in [1.54, 1.807) is 6.07 Å². The fourth-order valence-electron chi connectivity index (χ4n) is 2.98. The van der Waals surface area contributed by atoms with Crippen molar-refractivity contribution in [3.8, 4) is 0 Å². The zero-order valence-corrected chi connectivity index (χ0v) is 12.5. The molecule has 4 heteroatoms. The predicted molar refractivity (Wildman–Crippen MR) is 79.5 cm³/mol. The van der Waals surface area contributed by atoms with E-state index in [2.05, 4.69) is 31.0 Å². The van der Waals surface area contributed by atoms with Crippen molar-refractivity contribution in [1.82, 2.24) is 5.32 Å². The van der Waals surface area contributed by atoms with E-state index < -0.39 is 0 Å². The van der Waals surface area contributed by atoms with Gasteiger partial charge in [0.25, 0.3) is 0 Å². The number of rotatable bonds is 3. The molecule has 0 amide bonds. The van der Waals surface area contributed by atoms with Crippen molar-refractivity contribution < 1.29 is 4.39 Å². The first-order valence-electron chi connectivity index (χ1n) is 6.99. The number of benzene rings is 1. The Labute approximate surface area is 119 Å². The van der Waals surface area contributed by atoms with Gasteiger partial charge < -0.3 is 10.2 Å². The Balaban J connectivity index is 2.18. The summed E-state index contributed by atoms with van der Waals surface area (Å²) in [6.45, 7) is 8.52. The first-order chi connectivity index (χ1) is 9.02. The number of halogens is 2. The Hall–Kier alpha value is -0.800. The van der Waals surface area contributed by atoms with Gasteiger partial charge in [-0.3, -0.25) is 0 Å². The molecule has 1 saturated heterocycles. The van der Waals surface area contributed by atoms with Crippen LogP contribution in [0.25, 0.3) is 0 Å². The molecular weight excluding hydrogens is 263 g/mol. The summed E-state index contributed by atoms with van der Waals surface area (Å²) in [5.41, 5.74) is 0.888. The van der Waals surface area contributed by atoms with Crippen LogP contribution in [0, 0.1) is 11.7 Å². The second-order valence-corrected chi connectivity index (χ2v) is 5.81. The monoisotopic (exact) mass is 284 g/mol. The number of nitrogens with one attached hydrogen (secondary N) is 1. The Bertz CT molecular complexity index is 418. The molecule has 1 heterocycles. The van der Waals surface area contributed by atoms with E-state index in [4.69, 9.17) is 11.6 Å². The van der Waals surface area contributed by atoms with Crippen LogP contribution in [0.5, 0.6) is 0 Å². The third kappa shape index (κ3) is 3.21. The molecule has 0 bridgehead atoms. The van der Waals surface area contributed by atoms with Crippen LogP contribution in [0.4, 0.5) is 10.1 Å². The maximum Gasteiger partial charge on any atom is 0.126 e. The van der Waals surface area contributed by atoms with Crippen molar-refractivity contribution >= 4 is 17.3 Å². The first kappa shape index (κ1) is 14.6. The molecule has 1 aliphatic rings. The number of piperidine rings is 1. The molecule has 106 valence electrons. The summed E-state index contributed by atoms with van der Waals surface area (Å²) < 4.78 is 13.5. The summed E-state index contributed by atoms with van der Waals surface area (Å²) in [6, 6.07) is 5.69. The molecule has 1 aliphatic heterocycles. The van der Waals surface area contributed by atoms with Crippen LogP contribution in [0.3, 0.4) is 0 Å². The molecule has 2 nitrogen and oxygen atoms in total. The van der Waals surface area contributed by atoms with Crippen molar-refractivity contribution in [2.24, 2.45) is 5.92 Å². The van der Waals surface area contributed by atoms with Crippen LogP contribution in [0.15, 0.2) is 18.2 Å². The highest BCUT2D eigenvalue weighted by Gasteiger charge is 2.32. The van der Waals surface area contributed by atoms with E-state index in [0.717, 1.165) is 25.2 Å². The molecule has 0 aliphatic carbocycles. The van der Waals surface area contributed by atoms with Gasteiger partial charge in [-0.15, -0.1) is 0 Å². The van der Waals surface area contributed by atoms with Crippen LogP contribution in [-0.4, -0.2) is 25.2 Å². The largest absolute Gasteiger partial charge is 0.368 e. The predicted octanol–water partition coefficient (Wildman–Crippen LogP) is 3.69. The maximum absolute atomic E-state index is 13.5. The lowest BCUT2D eigenvalue weighted by atomic mass is 9.86. The van der Waals surface area contributed by atoms with Gasteiger partial charge in [-0.2, -0.15) is 0 Å². The number of hydrogen-bond donors (Lipinski definition) is 1. The van der Waals surface area contributed by atoms with E-state index in [9.17, 15) is 4.39 Å².